The van der Waals surface area contributed by atoms with Crippen molar-refractivity contribution in [2.24, 2.45) is 5.73 Å². The van der Waals surface area contributed by atoms with Crippen LogP contribution in [0.4, 0.5) is 0 Å². The van der Waals surface area contributed by atoms with Gasteiger partial charge in [0.1, 0.15) is 0 Å². The maximum Gasteiger partial charge on any atom is 0.0451 e. The Labute approximate surface area is 119 Å². The molecule has 2 aromatic carbocycles. The smallest absolute Gasteiger partial charge is 0.0451 e. The summed E-state index contributed by atoms with van der Waals surface area (Å²) in [5.41, 5.74) is 12.2. The second-order valence-corrected chi connectivity index (χ2v) is 5.61. The van der Waals surface area contributed by atoms with E-state index in [-0.39, 0.29) is 0 Å². The fourth-order valence-electron chi connectivity index (χ4n) is 2.82. The molecule has 0 saturated heterocycles. The van der Waals surface area contributed by atoms with E-state index in [0.717, 1.165) is 10.6 Å². The Morgan fingerprint density at radius 1 is 0.895 bits per heavy atom. The Kier molecular flexibility index (Phi) is 3.58. The minimum Gasteiger partial charge on any atom is -0.326 e. The van der Waals surface area contributed by atoms with Crippen molar-refractivity contribution in [2.45, 2.75) is 32.2 Å². The fraction of sp³-hybridized carbons (Fsp3) is 0.294. The molecule has 0 aliphatic heterocycles. The summed E-state index contributed by atoms with van der Waals surface area (Å²) in [6, 6.07) is 12.9. The quantitative estimate of drug-likeness (QED) is 0.864. The van der Waals surface area contributed by atoms with E-state index in [0.29, 0.717) is 6.54 Å². The molecule has 19 heavy (non-hydrogen) atoms. The standard InChI is InChI=1S/C17H18ClN/c18-17-8-7-15(10-16(17)11-19)14-6-5-12-3-1-2-4-13(12)9-14/h5-10H,1-4,11,19H2. The SMILES string of the molecule is NCc1cc(-c2ccc3c(c2)CCCC3)ccc1Cl. The molecule has 2 N–H and O–H groups in total. The highest BCUT2D eigenvalue weighted by molar-refractivity contribution is 6.31. The molecule has 1 aliphatic rings. The molecule has 0 spiro atoms. The Bertz CT molecular complexity index is 604. The number of nitrogens with two attached hydrogens (primary N) is 1. The highest BCUT2D eigenvalue weighted by atomic mass is 35.5. The van der Waals surface area contributed by atoms with E-state index in [1.807, 2.05) is 6.07 Å². The molecule has 3 rings (SSSR count). The van der Waals surface area contributed by atoms with Gasteiger partial charge < -0.3 is 5.73 Å². The molecule has 2 aromatic rings. The highest BCUT2D eigenvalue weighted by Crippen LogP contribution is 2.29. The molecule has 0 unspecified atom stereocenters. The van der Waals surface area contributed by atoms with Gasteiger partial charge in [0.05, 0.1) is 0 Å². The Balaban J connectivity index is 2.02. The number of hydrogen-bond acceptors (Lipinski definition) is 1. The minimum atomic E-state index is 0.484. The third kappa shape index (κ3) is 2.54. The van der Waals surface area contributed by atoms with Crippen LogP contribution in [-0.2, 0) is 19.4 Å². The summed E-state index contributed by atoms with van der Waals surface area (Å²) in [4.78, 5) is 0. The second kappa shape index (κ2) is 5.36. The summed E-state index contributed by atoms with van der Waals surface area (Å²) in [6.45, 7) is 0.484. The van der Waals surface area contributed by atoms with Crippen molar-refractivity contribution in [3.05, 3.63) is 58.1 Å². The van der Waals surface area contributed by atoms with Crippen LogP contribution in [0, 0.1) is 0 Å². The summed E-state index contributed by atoms with van der Waals surface area (Å²) < 4.78 is 0. The lowest BCUT2D eigenvalue weighted by Gasteiger charge is -2.17. The molecular weight excluding hydrogens is 254 g/mol. The second-order valence-electron chi connectivity index (χ2n) is 5.20. The number of aryl methyl sites for hydroxylation is 2. The summed E-state index contributed by atoms with van der Waals surface area (Å²) in [7, 11) is 0. The average Bonchev–Trinajstić information content (AvgIpc) is 2.47. The van der Waals surface area contributed by atoms with Gasteiger partial charge >= 0.3 is 0 Å². The molecule has 0 saturated carbocycles. The summed E-state index contributed by atoms with van der Waals surface area (Å²) >= 11 is 6.12. The van der Waals surface area contributed by atoms with Crippen molar-refractivity contribution in [3.63, 3.8) is 0 Å². The maximum atomic E-state index is 6.12. The van der Waals surface area contributed by atoms with Crippen molar-refractivity contribution in [1.29, 1.82) is 0 Å². The zero-order valence-corrected chi connectivity index (χ0v) is 11.7. The predicted octanol–water partition coefficient (Wildman–Crippen LogP) is 4.34. The topological polar surface area (TPSA) is 26.0 Å². The van der Waals surface area contributed by atoms with Gasteiger partial charge in [0, 0.05) is 11.6 Å². The Hall–Kier alpha value is -1.31. The van der Waals surface area contributed by atoms with Crippen LogP contribution in [0.25, 0.3) is 11.1 Å². The van der Waals surface area contributed by atoms with E-state index in [1.54, 1.807) is 0 Å². The largest absolute Gasteiger partial charge is 0.326 e. The van der Waals surface area contributed by atoms with E-state index in [2.05, 4.69) is 30.3 Å². The van der Waals surface area contributed by atoms with Crippen LogP contribution in [0.15, 0.2) is 36.4 Å². The molecule has 0 heterocycles. The number of hydrogen-bond donors (Lipinski definition) is 1. The van der Waals surface area contributed by atoms with Crippen molar-refractivity contribution in [1.82, 2.24) is 0 Å². The van der Waals surface area contributed by atoms with E-state index >= 15 is 0 Å². The zero-order chi connectivity index (χ0) is 13.2. The lowest BCUT2D eigenvalue weighted by molar-refractivity contribution is 0.686. The van der Waals surface area contributed by atoms with Crippen molar-refractivity contribution >= 4 is 11.6 Å². The van der Waals surface area contributed by atoms with Crippen molar-refractivity contribution in [3.8, 4) is 11.1 Å². The first-order chi connectivity index (χ1) is 9.28. The molecule has 0 aromatic heterocycles. The first-order valence-electron chi connectivity index (χ1n) is 6.88. The zero-order valence-electron chi connectivity index (χ0n) is 11.0. The number of fused-ring (bicyclic) bond motifs is 1. The van der Waals surface area contributed by atoms with E-state index in [9.17, 15) is 0 Å². The number of rotatable bonds is 2. The molecule has 98 valence electrons. The van der Waals surface area contributed by atoms with Crippen LogP contribution in [0.5, 0.6) is 0 Å². The van der Waals surface area contributed by atoms with Crippen LogP contribution in [0.1, 0.15) is 29.5 Å². The average molecular weight is 272 g/mol. The maximum absolute atomic E-state index is 6.12. The summed E-state index contributed by atoms with van der Waals surface area (Å²) in [6.07, 6.45) is 5.07. The molecule has 1 nitrogen and oxygen atoms in total. The fourth-order valence-corrected chi connectivity index (χ4v) is 3.02. The normalized spacial score (nSPS) is 14.2. The summed E-state index contributed by atoms with van der Waals surface area (Å²) in [5.74, 6) is 0. The Morgan fingerprint density at radius 3 is 2.37 bits per heavy atom. The Morgan fingerprint density at radius 2 is 1.58 bits per heavy atom. The first kappa shape index (κ1) is 12.7. The van der Waals surface area contributed by atoms with Crippen molar-refractivity contribution < 1.29 is 0 Å². The molecule has 0 atom stereocenters. The van der Waals surface area contributed by atoms with Crippen LogP contribution in [-0.4, -0.2) is 0 Å². The van der Waals surface area contributed by atoms with Gasteiger partial charge in [0.15, 0.2) is 0 Å². The number of benzene rings is 2. The number of halogens is 1. The van der Waals surface area contributed by atoms with Gasteiger partial charge in [-0.3, -0.25) is 0 Å². The third-order valence-electron chi connectivity index (χ3n) is 3.95. The first-order valence-corrected chi connectivity index (χ1v) is 7.26. The van der Waals surface area contributed by atoms with Gasteiger partial charge in [-0.1, -0.05) is 35.9 Å². The molecule has 1 aliphatic carbocycles. The molecule has 0 radical (unpaired) electrons. The molecule has 0 bridgehead atoms. The van der Waals surface area contributed by atoms with Crippen LogP contribution in [0.3, 0.4) is 0 Å². The third-order valence-corrected chi connectivity index (χ3v) is 4.32. The lowest BCUT2D eigenvalue weighted by Crippen LogP contribution is -2.02. The van der Waals surface area contributed by atoms with Gasteiger partial charge in [-0.25, -0.2) is 0 Å². The highest BCUT2D eigenvalue weighted by Gasteiger charge is 2.10. The van der Waals surface area contributed by atoms with Gasteiger partial charge in [0.25, 0.3) is 0 Å². The van der Waals surface area contributed by atoms with Crippen LogP contribution in [0.2, 0.25) is 5.02 Å². The monoisotopic (exact) mass is 271 g/mol. The predicted molar refractivity (Wildman–Crippen MR) is 81.4 cm³/mol. The molecule has 2 heteroatoms. The van der Waals surface area contributed by atoms with Gasteiger partial charge in [-0.15, -0.1) is 0 Å². The van der Waals surface area contributed by atoms with Gasteiger partial charge in [-0.2, -0.15) is 0 Å². The van der Waals surface area contributed by atoms with Crippen LogP contribution >= 0.6 is 11.6 Å². The van der Waals surface area contributed by atoms with Crippen molar-refractivity contribution in [2.75, 3.05) is 0 Å². The molecular formula is C17H18ClN. The van der Waals surface area contributed by atoms with Gasteiger partial charge in [-0.05, 0) is 65.6 Å². The molecule has 0 fully saturated rings. The molecule has 0 amide bonds. The van der Waals surface area contributed by atoms with E-state index in [4.69, 9.17) is 17.3 Å². The van der Waals surface area contributed by atoms with Gasteiger partial charge in [0.2, 0.25) is 0 Å². The van der Waals surface area contributed by atoms with Crippen LogP contribution < -0.4 is 5.73 Å². The minimum absolute atomic E-state index is 0.484. The lowest BCUT2D eigenvalue weighted by atomic mass is 9.89. The van der Waals surface area contributed by atoms with E-state index < -0.39 is 0 Å². The summed E-state index contributed by atoms with van der Waals surface area (Å²) in [5, 5.41) is 0.754. The van der Waals surface area contributed by atoms with E-state index in [1.165, 1.54) is 47.9 Å².